The topological polar surface area (TPSA) is 54.8 Å². The summed E-state index contributed by atoms with van der Waals surface area (Å²) in [5, 5.41) is 8.15. The third-order valence-electron chi connectivity index (χ3n) is 5.15. The van der Waals surface area contributed by atoms with Crippen LogP contribution in [-0.4, -0.2) is 24.2 Å². The lowest BCUT2D eigenvalue weighted by Crippen LogP contribution is -2.25. The molecule has 0 aliphatic rings. The fourth-order valence-corrected chi connectivity index (χ4v) is 4.37. The Labute approximate surface area is 193 Å². The van der Waals surface area contributed by atoms with Crippen molar-refractivity contribution >= 4 is 49.6 Å². The SMILES string of the molecule is COc1ccc2nc(N(/N=C/c3ccc(F)cc3)C(=O)c3ccc4ccccc4c3)sc2c1. The van der Waals surface area contributed by atoms with Crippen molar-refractivity contribution in [2.24, 2.45) is 5.10 Å². The van der Waals surface area contributed by atoms with Gasteiger partial charge >= 0.3 is 0 Å². The highest BCUT2D eigenvalue weighted by Crippen LogP contribution is 2.32. The highest BCUT2D eigenvalue weighted by atomic mass is 32.1. The van der Waals surface area contributed by atoms with Crippen molar-refractivity contribution in [3.63, 3.8) is 0 Å². The quantitative estimate of drug-likeness (QED) is 0.232. The summed E-state index contributed by atoms with van der Waals surface area (Å²) in [6, 6.07) is 24.8. The van der Waals surface area contributed by atoms with Gasteiger partial charge in [0, 0.05) is 5.56 Å². The third kappa shape index (κ3) is 4.31. The number of nitrogens with zero attached hydrogens (tertiary/aromatic N) is 3. The van der Waals surface area contributed by atoms with Crippen LogP contribution in [0.4, 0.5) is 9.52 Å². The van der Waals surface area contributed by atoms with Gasteiger partial charge in [-0.2, -0.15) is 10.1 Å². The largest absolute Gasteiger partial charge is 0.497 e. The molecule has 0 fully saturated rings. The Kier molecular flexibility index (Phi) is 5.54. The fourth-order valence-electron chi connectivity index (χ4n) is 3.42. The van der Waals surface area contributed by atoms with E-state index in [0.717, 1.165) is 21.0 Å². The number of fused-ring (bicyclic) bond motifs is 2. The van der Waals surface area contributed by atoms with Crippen molar-refractivity contribution in [1.29, 1.82) is 0 Å². The number of hydrogen-bond acceptors (Lipinski definition) is 5. The monoisotopic (exact) mass is 455 g/mol. The molecule has 5 aromatic rings. The standard InChI is InChI=1S/C26H18FN3O2S/c1-32-22-12-13-23-24(15-22)33-26(29-23)30(28-16-17-6-10-21(27)11-7-17)25(31)20-9-8-18-4-2-3-5-19(18)14-20/h2-16H,1H3/b28-16+. The van der Waals surface area contributed by atoms with Gasteiger partial charge in [0.25, 0.3) is 5.91 Å². The number of rotatable bonds is 5. The molecule has 0 aliphatic heterocycles. The lowest BCUT2D eigenvalue weighted by Gasteiger charge is -2.14. The summed E-state index contributed by atoms with van der Waals surface area (Å²) in [5.41, 5.74) is 1.89. The minimum Gasteiger partial charge on any atom is -0.497 e. The first-order valence-electron chi connectivity index (χ1n) is 10.2. The smallest absolute Gasteiger partial charge is 0.280 e. The van der Waals surface area contributed by atoms with Gasteiger partial charge in [-0.15, -0.1) is 0 Å². The molecule has 7 heteroatoms. The second kappa shape index (κ2) is 8.80. The van der Waals surface area contributed by atoms with Crippen LogP contribution in [0.5, 0.6) is 5.75 Å². The molecule has 0 saturated carbocycles. The van der Waals surface area contributed by atoms with Crippen LogP contribution in [0.15, 0.2) is 90.0 Å². The van der Waals surface area contributed by atoms with Crippen molar-refractivity contribution in [3.05, 3.63) is 102 Å². The Bertz CT molecular complexity index is 1500. The van der Waals surface area contributed by atoms with Gasteiger partial charge in [0.05, 0.1) is 23.5 Å². The minimum absolute atomic E-state index is 0.315. The molecule has 5 nitrogen and oxygen atoms in total. The Hall–Kier alpha value is -4.10. The van der Waals surface area contributed by atoms with Gasteiger partial charge in [-0.3, -0.25) is 4.79 Å². The van der Waals surface area contributed by atoms with E-state index in [1.165, 1.54) is 34.7 Å². The zero-order chi connectivity index (χ0) is 22.8. The number of methoxy groups -OCH3 is 1. The van der Waals surface area contributed by atoms with Crippen LogP contribution in [0.3, 0.4) is 0 Å². The third-order valence-corrected chi connectivity index (χ3v) is 6.14. The average Bonchev–Trinajstić information content (AvgIpc) is 3.27. The van der Waals surface area contributed by atoms with E-state index in [2.05, 4.69) is 10.1 Å². The molecule has 0 N–H and O–H groups in total. The van der Waals surface area contributed by atoms with Crippen molar-refractivity contribution in [2.45, 2.75) is 0 Å². The molecule has 1 aromatic heterocycles. The predicted octanol–water partition coefficient (Wildman–Crippen LogP) is 6.28. The summed E-state index contributed by atoms with van der Waals surface area (Å²) in [5.74, 6) is 0.0569. The van der Waals surface area contributed by atoms with Crippen LogP contribution in [0.1, 0.15) is 15.9 Å². The molecule has 0 bridgehead atoms. The zero-order valence-corrected chi connectivity index (χ0v) is 18.4. The van der Waals surface area contributed by atoms with Crippen LogP contribution < -0.4 is 9.75 Å². The first-order chi connectivity index (χ1) is 16.1. The fraction of sp³-hybridized carbons (Fsp3) is 0.0385. The molecule has 4 aromatic carbocycles. The number of carbonyl (C=O) groups excluding carboxylic acids is 1. The Morgan fingerprint density at radius 1 is 1.00 bits per heavy atom. The Morgan fingerprint density at radius 3 is 2.58 bits per heavy atom. The van der Waals surface area contributed by atoms with E-state index in [4.69, 9.17) is 4.74 Å². The maximum absolute atomic E-state index is 13.6. The van der Waals surface area contributed by atoms with Gasteiger partial charge in [-0.05, 0) is 58.8 Å². The molecule has 0 saturated heterocycles. The van der Waals surface area contributed by atoms with Crippen molar-refractivity contribution < 1.29 is 13.9 Å². The Morgan fingerprint density at radius 2 is 1.79 bits per heavy atom. The molecule has 0 unspecified atom stereocenters. The number of hydrogen-bond donors (Lipinski definition) is 0. The molecule has 0 radical (unpaired) electrons. The minimum atomic E-state index is -0.337. The molecule has 1 amide bonds. The number of carbonyl (C=O) groups is 1. The molecule has 1 heterocycles. The van der Waals surface area contributed by atoms with Crippen LogP contribution in [0.2, 0.25) is 0 Å². The highest BCUT2D eigenvalue weighted by Gasteiger charge is 2.21. The lowest BCUT2D eigenvalue weighted by atomic mass is 10.1. The van der Waals surface area contributed by atoms with Crippen LogP contribution >= 0.6 is 11.3 Å². The summed E-state index contributed by atoms with van der Waals surface area (Å²) in [4.78, 5) is 18.2. The van der Waals surface area contributed by atoms with E-state index in [1.54, 1.807) is 25.3 Å². The molecule has 0 aliphatic carbocycles. The van der Waals surface area contributed by atoms with E-state index in [0.29, 0.717) is 22.0 Å². The molecule has 33 heavy (non-hydrogen) atoms. The Balaban J connectivity index is 1.57. The van der Waals surface area contributed by atoms with E-state index in [9.17, 15) is 9.18 Å². The van der Waals surface area contributed by atoms with E-state index in [1.807, 2.05) is 54.6 Å². The van der Waals surface area contributed by atoms with Gasteiger partial charge < -0.3 is 4.74 Å². The molecule has 162 valence electrons. The number of aromatic nitrogens is 1. The summed E-state index contributed by atoms with van der Waals surface area (Å²) >= 11 is 1.34. The van der Waals surface area contributed by atoms with Crippen molar-refractivity contribution in [1.82, 2.24) is 4.98 Å². The molecule has 0 spiro atoms. The van der Waals surface area contributed by atoms with Crippen molar-refractivity contribution in [3.8, 4) is 5.75 Å². The first kappa shape index (κ1) is 20.8. The summed E-state index contributed by atoms with van der Waals surface area (Å²) < 4.78 is 19.5. The van der Waals surface area contributed by atoms with Gasteiger partial charge in [0.2, 0.25) is 5.13 Å². The molecule has 5 rings (SSSR count). The number of ether oxygens (including phenoxy) is 1. The van der Waals surface area contributed by atoms with E-state index >= 15 is 0 Å². The average molecular weight is 456 g/mol. The summed E-state index contributed by atoms with van der Waals surface area (Å²) in [6.45, 7) is 0. The molecule has 0 atom stereocenters. The zero-order valence-electron chi connectivity index (χ0n) is 17.6. The number of hydrazone groups is 1. The van der Waals surface area contributed by atoms with E-state index < -0.39 is 0 Å². The van der Waals surface area contributed by atoms with Crippen LogP contribution in [-0.2, 0) is 0 Å². The number of amides is 1. The van der Waals surface area contributed by atoms with Crippen LogP contribution in [0.25, 0.3) is 21.0 Å². The number of benzene rings is 4. The highest BCUT2D eigenvalue weighted by molar-refractivity contribution is 7.22. The maximum Gasteiger partial charge on any atom is 0.280 e. The predicted molar refractivity (Wildman–Crippen MR) is 131 cm³/mol. The van der Waals surface area contributed by atoms with Gasteiger partial charge in [-0.25, -0.2) is 9.37 Å². The second-order valence-corrected chi connectivity index (χ2v) is 8.31. The first-order valence-corrected chi connectivity index (χ1v) is 11.0. The van der Waals surface area contributed by atoms with Gasteiger partial charge in [0.15, 0.2) is 0 Å². The number of thiazole rings is 1. The van der Waals surface area contributed by atoms with Gasteiger partial charge in [-0.1, -0.05) is 53.8 Å². The molecular weight excluding hydrogens is 437 g/mol. The number of halogens is 1. The molecular formula is C26H18FN3O2S. The van der Waals surface area contributed by atoms with Gasteiger partial charge in [0.1, 0.15) is 11.6 Å². The normalized spacial score (nSPS) is 11.3. The second-order valence-electron chi connectivity index (χ2n) is 7.31. The summed E-state index contributed by atoms with van der Waals surface area (Å²) in [7, 11) is 1.60. The lowest BCUT2D eigenvalue weighted by molar-refractivity contribution is 0.0988. The van der Waals surface area contributed by atoms with Crippen molar-refractivity contribution in [2.75, 3.05) is 12.1 Å². The van der Waals surface area contributed by atoms with E-state index in [-0.39, 0.29) is 11.7 Å². The van der Waals surface area contributed by atoms with Crippen LogP contribution in [0, 0.1) is 5.82 Å². The summed E-state index contributed by atoms with van der Waals surface area (Å²) in [6.07, 6.45) is 1.52. The number of anilines is 1. The maximum atomic E-state index is 13.6.